The van der Waals surface area contributed by atoms with E-state index in [4.69, 9.17) is 5.73 Å². The summed E-state index contributed by atoms with van der Waals surface area (Å²) in [7, 11) is 0. The summed E-state index contributed by atoms with van der Waals surface area (Å²) < 4.78 is 0. The number of hydrogen-bond acceptors (Lipinski definition) is 2. The topological polar surface area (TPSA) is 38.0 Å². The lowest BCUT2D eigenvalue weighted by molar-refractivity contribution is 0.368. The highest BCUT2D eigenvalue weighted by atomic mass is 14.9. The van der Waals surface area contributed by atoms with Gasteiger partial charge in [-0.05, 0) is 73.8 Å². The lowest BCUT2D eigenvalue weighted by Crippen LogP contribution is -2.30. The van der Waals surface area contributed by atoms with E-state index in [-0.39, 0.29) is 6.04 Å². The SMILES string of the molecule is CC(CC1CCC([C@H]2C=C(c3ccccc3)[C@@H](N)CC2)=CCN1)C1CC1. The Hall–Kier alpha value is -1.38. The van der Waals surface area contributed by atoms with Crippen molar-refractivity contribution >= 4 is 5.57 Å². The average Bonchev–Trinajstić information content (AvgIpc) is 3.51. The first-order valence-electron chi connectivity index (χ1n) is 10.7. The maximum atomic E-state index is 6.44. The van der Waals surface area contributed by atoms with Crippen molar-refractivity contribution in [3.05, 3.63) is 53.6 Å². The average molecular weight is 351 g/mol. The number of rotatable bonds is 5. The van der Waals surface area contributed by atoms with E-state index in [1.165, 1.54) is 49.7 Å². The Morgan fingerprint density at radius 1 is 1.08 bits per heavy atom. The minimum Gasteiger partial charge on any atom is -0.324 e. The molecular formula is C24H34N2. The van der Waals surface area contributed by atoms with Crippen molar-refractivity contribution in [2.45, 2.75) is 64.0 Å². The zero-order valence-corrected chi connectivity index (χ0v) is 16.2. The van der Waals surface area contributed by atoms with Crippen molar-refractivity contribution in [2.24, 2.45) is 23.5 Å². The van der Waals surface area contributed by atoms with E-state index in [0.717, 1.165) is 24.8 Å². The van der Waals surface area contributed by atoms with Gasteiger partial charge in [0, 0.05) is 18.6 Å². The van der Waals surface area contributed by atoms with E-state index in [2.05, 4.69) is 54.7 Å². The van der Waals surface area contributed by atoms with Crippen LogP contribution in [0.2, 0.25) is 0 Å². The molecule has 4 rings (SSSR count). The van der Waals surface area contributed by atoms with E-state index in [1.807, 2.05) is 0 Å². The molecule has 0 amide bonds. The van der Waals surface area contributed by atoms with Gasteiger partial charge < -0.3 is 11.1 Å². The third-order valence-corrected chi connectivity index (χ3v) is 6.79. The van der Waals surface area contributed by atoms with Gasteiger partial charge >= 0.3 is 0 Å². The Kier molecular flexibility index (Phi) is 5.61. The number of hydrogen-bond donors (Lipinski definition) is 2. The van der Waals surface area contributed by atoms with E-state index in [1.54, 1.807) is 5.57 Å². The fourth-order valence-electron chi connectivity index (χ4n) is 4.92. The van der Waals surface area contributed by atoms with Crippen molar-refractivity contribution in [1.82, 2.24) is 5.32 Å². The molecule has 0 bridgehead atoms. The van der Waals surface area contributed by atoms with Gasteiger partial charge in [0.1, 0.15) is 0 Å². The van der Waals surface area contributed by atoms with Crippen molar-refractivity contribution < 1.29 is 0 Å². The van der Waals surface area contributed by atoms with Crippen LogP contribution in [0.5, 0.6) is 0 Å². The molecule has 0 saturated heterocycles. The van der Waals surface area contributed by atoms with Crippen LogP contribution in [0, 0.1) is 17.8 Å². The zero-order chi connectivity index (χ0) is 17.9. The first-order chi connectivity index (χ1) is 12.7. The van der Waals surface area contributed by atoms with Gasteiger partial charge in [-0.2, -0.15) is 0 Å². The molecule has 26 heavy (non-hydrogen) atoms. The van der Waals surface area contributed by atoms with Gasteiger partial charge in [0.2, 0.25) is 0 Å². The second kappa shape index (κ2) is 8.10. The fourth-order valence-corrected chi connectivity index (χ4v) is 4.92. The van der Waals surface area contributed by atoms with Crippen molar-refractivity contribution in [1.29, 1.82) is 0 Å². The number of nitrogens with two attached hydrogens (primary N) is 1. The molecule has 3 N–H and O–H groups in total. The van der Waals surface area contributed by atoms with E-state index >= 15 is 0 Å². The van der Waals surface area contributed by atoms with Crippen LogP contribution in [-0.2, 0) is 0 Å². The highest BCUT2D eigenvalue weighted by molar-refractivity contribution is 5.70. The lowest BCUT2D eigenvalue weighted by Gasteiger charge is -2.28. The molecule has 1 aromatic rings. The minimum absolute atomic E-state index is 0.185. The minimum atomic E-state index is 0.185. The molecule has 1 fully saturated rings. The van der Waals surface area contributed by atoms with Crippen LogP contribution in [0.15, 0.2) is 48.1 Å². The Bertz CT molecular complexity index is 656. The van der Waals surface area contributed by atoms with Crippen LogP contribution in [0.1, 0.15) is 57.4 Å². The van der Waals surface area contributed by atoms with Crippen LogP contribution in [0.3, 0.4) is 0 Å². The summed E-state index contributed by atoms with van der Waals surface area (Å²) in [6, 6.07) is 11.6. The molecule has 140 valence electrons. The summed E-state index contributed by atoms with van der Waals surface area (Å²) in [4.78, 5) is 0. The molecule has 2 heteroatoms. The quantitative estimate of drug-likeness (QED) is 0.740. The van der Waals surface area contributed by atoms with Crippen molar-refractivity contribution in [3.63, 3.8) is 0 Å². The number of nitrogens with one attached hydrogen (secondary N) is 1. The van der Waals surface area contributed by atoms with Crippen molar-refractivity contribution in [2.75, 3.05) is 6.54 Å². The van der Waals surface area contributed by atoms with Gasteiger partial charge in [-0.15, -0.1) is 0 Å². The molecular weight excluding hydrogens is 316 g/mol. The standard InChI is InChI=1S/C24H34N2/c1-17(18-7-8-18)15-22-11-9-19(13-14-26-22)21-10-12-24(25)23(16-21)20-5-3-2-4-6-20/h2-6,13,16-18,21-22,24,26H,7-12,14-15,25H2,1H3/t17?,21-,22?,24+/m1/s1. The number of benzene rings is 1. The maximum absolute atomic E-state index is 6.44. The van der Waals surface area contributed by atoms with Crippen LogP contribution in [-0.4, -0.2) is 18.6 Å². The summed E-state index contributed by atoms with van der Waals surface area (Å²) in [5, 5.41) is 3.79. The predicted octanol–water partition coefficient (Wildman–Crippen LogP) is 4.92. The highest BCUT2D eigenvalue weighted by Crippen LogP contribution is 2.40. The van der Waals surface area contributed by atoms with Gasteiger partial charge in [0.25, 0.3) is 0 Å². The molecule has 0 aromatic heterocycles. The van der Waals surface area contributed by atoms with Crippen LogP contribution in [0.25, 0.3) is 5.57 Å². The molecule has 2 nitrogen and oxygen atoms in total. The molecule has 2 unspecified atom stereocenters. The summed E-state index contributed by atoms with van der Waals surface area (Å²) in [5.41, 5.74) is 10.7. The normalized spacial score (nSPS) is 30.9. The zero-order valence-electron chi connectivity index (χ0n) is 16.2. The Morgan fingerprint density at radius 3 is 2.65 bits per heavy atom. The molecule has 1 aromatic carbocycles. The maximum Gasteiger partial charge on any atom is 0.0298 e. The second-order valence-electron chi connectivity index (χ2n) is 8.75. The molecule has 1 heterocycles. The first kappa shape index (κ1) is 18.0. The smallest absolute Gasteiger partial charge is 0.0298 e. The Balaban J connectivity index is 1.42. The van der Waals surface area contributed by atoms with E-state index < -0.39 is 0 Å². The third kappa shape index (κ3) is 4.29. The predicted molar refractivity (Wildman–Crippen MR) is 111 cm³/mol. The van der Waals surface area contributed by atoms with Crippen LogP contribution in [0.4, 0.5) is 0 Å². The second-order valence-corrected chi connectivity index (χ2v) is 8.75. The summed E-state index contributed by atoms with van der Waals surface area (Å²) in [5.74, 6) is 2.49. The summed E-state index contributed by atoms with van der Waals surface area (Å²) in [6.45, 7) is 3.49. The fraction of sp³-hybridized carbons (Fsp3) is 0.583. The largest absolute Gasteiger partial charge is 0.324 e. The molecule has 0 radical (unpaired) electrons. The summed E-state index contributed by atoms with van der Waals surface area (Å²) in [6.07, 6.45) is 14.1. The van der Waals surface area contributed by atoms with Gasteiger partial charge in [-0.25, -0.2) is 0 Å². The van der Waals surface area contributed by atoms with Crippen LogP contribution < -0.4 is 11.1 Å². The Morgan fingerprint density at radius 2 is 1.88 bits per heavy atom. The van der Waals surface area contributed by atoms with Gasteiger partial charge in [-0.3, -0.25) is 0 Å². The molecule has 4 atom stereocenters. The Labute approximate surface area is 158 Å². The molecule has 3 aliphatic rings. The van der Waals surface area contributed by atoms with Crippen molar-refractivity contribution in [3.8, 4) is 0 Å². The highest BCUT2D eigenvalue weighted by Gasteiger charge is 2.30. The molecule has 1 aliphatic heterocycles. The third-order valence-electron chi connectivity index (χ3n) is 6.79. The van der Waals surface area contributed by atoms with Gasteiger partial charge in [0.05, 0.1) is 0 Å². The first-order valence-corrected chi connectivity index (χ1v) is 10.7. The van der Waals surface area contributed by atoms with Gasteiger partial charge in [-0.1, -0.05) is 55.0 Å². The van der Waals surface area contributed by atoms with E-state index in [0.29, 0.717) is 12.0 Å². The van der Waals surface area contributed by atoms with Gasteiger partial charge in [0.15, 0.2) is 0 Å². The van der Waals surface area contributed by atoms with E-state index in [9.17, 15) is 0 Å². The lowest BCUT2D eigenvalue weighted by atomic mass is 9.79. The molecule has 2 aliphatic carbocycles. The van der Waals surface area contributed by atoms with Crippen LogP contribution >= 0.6 is 0 Å². The summed E-state index contributed by atoms with van der Waals surface area (Å²) >= 11 is 0. The molecule has 0 spiro atoms. The molecule has 1 saturated carbocycles. The monoisotopic (exact) mass is 350 g/mol. The number of allylic oxidation sites excluding steroid dienone is 2.